The van der Waals surface area contributed by atoms with E-state index in [1.54, 1.807) is 6.33 Å². The third-order valence-corrected chi connectivity index (χ3v) is 4.55. The first kappa shape index (κ1) is 14.1. The van der Waals surface area contributed by atoms with E-state index in [-0.39, 0.29) is 0 Å². The summed E-state index contributed by atoms with van der Waals surface area (Å²) in [6, 6.07) is 5.77. The first-order chi connectivity index (χ1) is 10.2. The molecule has 0 spiro atoms. The van der Waals surface area contributed by atoms with Crippen LogP contribution in [-0.4, -0.2) is 16.5 Å². The molecule has 21 heavy (non-hydrogen) atoms. The second-order valence-corrected chi connectivity index (χ2v) is 6.35. The van der Waals surface area contributed by atoms with Crippen LogP contribution in [-0.2, 0) is 0 Å². The smallest absolute Gasteiger partial charge is 0.137 e. The van der Waals surface area contributed by atoms with Crippen LogP contribution in [0, 0.1) is 11.8 Å². The molecule has 3 N–H and O–H groups in total. The van der Waals surface area contributed by atoms with Crippen LogP contribution in [0.4, 0.5) is 11.5 Å². The maximum Gasteiger partial charge on any atom is 0.137 e. The van der Waals surface area contributed by atoms with Gasteiger partial charge in [-0.1, -0.05) is 26.2 Å². The second-order valence-electron chi connectivity index (χ2n) is 6.35. The van der Waals surface area contributed by atoms with Crippen molar-refractivity contribution in [2.75, 3.05) is 17.6 Å². The molecule has 0 aliphatic heterocycles. The molecule has 2 atom stereocenters. The van der Waals surface area contributed by atoms with Gasteiger partial charge in [-0.15, -0.1) is 0 Å². The number of fused-ring (bicyclic) bond motifs is 1. The minimum absolute atomic E-state index is 0.751. The highest BCUT2D eigenvalue weighted by Crippen LogP contribution is 2.30. The minimum Gasteiger partial charge on any atom is -0.399 e. The number of nitrogen functional groups attached to an aromatic ring is 1. The summed E-state index contributed by atoms with van der Waals surface area (Å²) in [7, 11) is 0. The number of benzene rings is 1. The second kappa shape index (κ2) is 6.29. The van der Waals surface area contributed by atoms with Crippen LogP contribution in [0.1, 0.15) is 39.0 Å². The van der Waals surface area contributed by atoms with E-state index in [1.807, 2.05) is 18.2 Å². The van der Waals surface area contributed by atoms with Gasteiger partial charge in [0.1, 0.15) is 12.1 Å². The molecule has 3 rings (SSSR count). The summed E-state index contributed by atoms with van der Waals surface area (Å²) in [5, 5.41) is 4.48. The molecular weight excluding hydrogens is 260 g/mol. The minimum atomic E-state index is 0.751. The standard InChI is InChI=1S/C17H24N4/c1-12-3-2-4-13(9-12)7-8-19-17-15-10-14(18)5-6-16(15)20-11-21-17/h5-6,10-13H,2-4,7-9,18H2,1H3,(H,19,20,21). The highest BCUT2D eigenvalue weighted by atomic mass is 15.0. The van der Waals surface area contributed by atoms with Gasteiger partial charge >= 0.3 is 0 Å². The van der Waals surface area contributed by atoms with Gasteiger partial charge in [-0.3, -0.25) is 0 Å². The summed E-state index contributed by atoms with van der Waals surface area (Å²) < 4.78 is 0. The highest BCUT2D eigenvalue weighted by molar-refractivity contribution is 5.91. The lowest BCUT2D eigenvalue weighted by atomic mass is 9.81. The van der Waals surface area contributed by atoms with Crippen LogP contribution in [0.15, 0.2) is 24.5 Å². The molecule has 1 aliphatic rings. The van der Waals surface area contributed by atoms with E-state index in [2.05, 4.69) is 22.2 Å². The number of hydrogen-bond donors (Lipinski definition) is 2. The van der Waals surface area contributed by atoms with E-state index >= 15 is 0 Å². The summed E-state index contributed by atoms with van der Waals surface area (Å²) in [6.45, 7) is 3.35. The third kappa shape index (κ3) is 3.43. The SMILES string of the molecule is CC1CCCC(CCNc2ncnc3ccc(N)cc23)C1. The van der Waals surface area contributed by atoms with Gasteiger partial charge in [0, 0.05) is 17.6 Å². The first-order valence-corrected chi connectivity index (χ1v) is 7.96. The lowest BCUT2D eigenvalue weighted by Crippen LogP contribution is -2.17. The van der Waals surface area contributed by atoms with Gasteiger partial charge in [-0.05, 0) is 42.9 Å². The molecule has 4 nitrogen and oxygen atoms in total. The van der Waals surface area contributed by atoms with E-state index in [0.29, 0.717) is 0 Å². The summed E-state index contributed by atoms with van der Waals surface area (Å²) in [5.41, 5.74) is 7.56. The molecule has 1 aliphatic carbocycles. The number of hydrogen-bond acceptors (Lipinski definition) is 4. The molecule has 2 unspecified atom stereocenters. The fraction of sp³-hybridized carbons (Fsp3) is 0.529. The number of rotatable bonds is 4. The van der Waals surface area contributed by atoms with Crippen LogP contribution >= 0.6 is 0 Å². The van der Waals surface area contributed by atoms with Crippen molar-refractivity contribution in [2.24, 2.45) is 11.8 Å². The molecule has 1 aromatic heterocycles. The Hall–Kier alpha value is -1.84. The quantitative estimate of drug-likeness (QED) is 0.837. The monoisotopic (exact) mass is 284 g/mol. The normalized spacial score (nSPS) is 22.3. The molecule has 2 aromatic rings. The molecule has 0 radical (unpaired) electrons. The Kier molecular flexibility index (Phi) is 4.23. The Morgan fingerprint density at radius 2 is 2.19 bits per heavy atom. The van der Waals surface area contributed by atoms with Crippen molar-refractivity contribution in [1.29, 1.82) is 0 Å². The zero-order valence-corrected chi connectivity index (χ0v) is 12.7. The fourth-order valence-electron chi connectivity index (χ4n) is 3.43. The van der Waals surface area contributed by atoms with Crippen molar-refractivity contribution >= 4 is 22.4 Å². The van der Waals surface area contributed by atoms with Crippen molar-refractivity contribution in [2.45, 2.75) is 39.0 Å². The average Bonchev–Trinajstić information content (AvgIpc) is 2.48. The molecule has 0 bridgehead atoms. The van der Waals surface area contributed by atoms with Crippen molar-refractivity contribution in [3.8, 4) is 0 Å². The third-order valence-electron chi connectivity index (χ3n) is 4.55. The summed E-state index contributed by atoms with van der Waals surface area (Å²) in [4.78, 5) is 8.65. The zero-order valence-electron chi connectivity index (χ0n) is 12.7. The fourth-order valence-corrected chi connectivity index (χ4v) is 3.43. The lowest BCUT2D eigenvalue weighted by Gasteiger charge is -2.26. The van der Waals surface area contributed by atoms with Gasteiger partial charge in [-0.25, -0.2) is 9.97 Å². The number of nitrogens with zero attached hydrogens (tertiary/aromatic N) is 2. The zero-order chi connectivity index (χ0) is 14.7. The van der Waals surface area contributed by atoms with Crippen LogP contribution in [0.5, 0.6) is 0 Å². The van der Waals surface area contributed by atoms with E-state index in [9.17, 15) is 0 Å². The van der Waals surface area contributed by atoms with Gasteiger partial charge < -0.3 is 11.1 Å². The molecule has 0 amide bonds. The summed E-state index contributed by atoms with van der Waals surface area (Å²) in [5.74, 6) is 2.65. The van der Waals surface area contributed by atoms with E-state index < -0.39 is 0 Å². The van der Waals surface area contributed by atoms with Crippen LogP contribution in [0.2, 0.25) is 0 Å². The van der Waals surface area contributed by atoms with Gasteiger partial charge in [0.2, 0.25) is 0 Å². The lowest BCUT2D eigenvalue weighted by molar-refractivity contribution is 0.274. The largest absolute Gasteiger partial charge is 0.399 e. The van der Waals surface area contributed by atoms with E-state index in [4.69, 9.17) is 5.73 Å². The number of nitrogens with one attached hydrogen (secondary N) is 1. The maximum atomic E-state index is 5.87. The predicted molar refractivity (Wildman–Crippen MR) is 88.2 cm³/mol. The Labute approximate surface area is 126 Å². The molecule has 1 saturated carbocycles. The predicted octanol–water partition coefficient (Wildman–Crippen LogP) is 3.84. The van der Waals surface area contributed by atoms with Crippen LogP contribution < -0.4 is 11.1 Å². The number of aromatic nitrogens is 2. The van der Waals surface area contributed by atoms with Gasteiger partial charge in [0.25, 0.3) is 0 Å². The van der Waals surface area contributed by atoms with Crippen molar-refractivity contribution in [3.05, 3.63) is 24.5 Å². The Morgan fingerprint density at radius 1 is 1.29 bits per heavy atom. The molecule has 1 fully saturated rings. The Bertz CT molecular complexity index is 611. The molecule has 4 heteroatoms. The van der Waals surface area contributed by atoms with Crippen LogP contribution in [0.3, 0.4) is 0 Å². The highest BCUT2D eigenvalue weighted by Gasteiger charge is 2.18. The first-order valence-electron chi connectivity index (χ1n) is 7.96. The van der Waals surface area contributed by atoms with Gasteiger partial charge in [-0.2, -0.15) is 0 Å². The van der Waals surface area contributed by atoms with E-state index in [0.717, 1.165) is 40.8 Å². The molecular formula is C17H24N4. The maximum absolute atomic E-state index is 5.87. The number of nitrogens with two attached hydrogens (primary N) is 1. The van der Waals surface area contributed by atoms with E-state index in [1.165, 1.54) is 32.1 Å². The van der Waals surface area contributed by atoms with Crippen LogP contribution in [0.25, 0.3) is 10.9 Å². The molecule has 1 heterocycles. The summed E-state index contributed by atoms with van der Waals surface area (Å²) in [6.07, 6.45) is 8.38. The van der Waals surface area contributed by atoms with Gasteiger partial charge in [0.05, 0.1) is 5.52 Å². The van der Waals surface area contributed by atoms with Crippen molar-refractivity contribution in [1.82, 2.24) is 9.97 Å². The number of anilines is 2. The summed E-state index contributed by atoms with van der Waals surface area (Å²) >= 11 is 0. The Balaban J connectivity index is 1.64. The topological polar surface area (TPSA) is 63.8 Å². The van der Waals surface area contributed by atoms with Crippen molar-refractivity contribution < 1.29 is 0 Å². The molecule has 112 valence electrons. The molecule has 1 aromatic carbocycles. The van der Waals surface area contributed by atoms with Gasteiger partial charge in [0.15, 0.2) is 0 Å². The average molecular weight is 284 g/mol. The Morgan fingerprint density at radius 3 is 3.05 bits per heavy atom. The van der Waals surface area contributed by atoms with Crippen molar-refractivity contribution in [3.63, 3.8) is 0 Å². The molecule has 0 saturated heterocycles.